The number of hydrogen-bond donors (Lipinski definition) is 0. The Morgan fingerprint density at radius 1 is 1.50 bits per heavy atom. The van der Waals surface area contributed by atoms with Crippen molar-refractivity contribution in [2.45, 2.75) is 25.8 Å². The molecule has 1 heterocycles. The summed E-state index contributed by atoms with van der Waals surface area (Å²) >= 11 is 5.83. The monoisotopic (exact) mass is 236 g/mol. The van der Waals surface area contributed by atoms with Crippen LogP contribution >= 0.6 is 11.6 Å². The molecular formula is C12H13ClN2O. The van der Waals surface area contributed by atoms with E-state index < -0.39 is 0 Å². The number of carbonyl (C=O) groups excluding carboxylic acids is 1. The summed E-state index contributed by atoms with van der Waals surface area (Å²) in [6.07, 6.45) is 3.03. The third-order valence-corrected chi connectivity index (χ3v) is 2.89. The van der Waals surface area contributed by atoms with Gasteiger partial charge in [-0.15, -0.1) is 0 Å². The Labute approximate surface area is 99.7 Å². The maximum atomic E-state index is 11.7. The molecule has 1 aromatic carbocycles. The zero-order chi connectivity index (χ0) is 11.5. The van der Waals surface area contributed by atoms with Crippen LogP contribution in [0.3, 0.4) is 0 Å². The second kappa shape index (κ2) is 4.66. The molecule has 0 radical (unpaired) electrons. The van der Waals surface area contributed by atoms with E-state index in [-0.39, 0.29) is 11.9 Å². The Balaban J connectivity index is 2.21. The van der Waals surface area contributed by atoms with Crippen molar-refractivity contribution >= 4 is 23.7 Å². The van der Waals surface area contributed by atoms with Crippen LogP contribution in [0, 0.1) is 0 Å². The van der Waals surface area contributed by atoms with Gasteiger partial charge >= 0.3 is 0 Å². The van der Waals surface area contributed by atoms with Crippen molar-refractivity contribution in [3.8, 4) is 0 Å². The Morgan fingerprint density at radius 3 is 2.81 bits per heavy atom. The van der Waals surface area contributed by atoms with Crippen molar-refractivity contribution < 1.29 is 4.79 Å². The van der Waals surface area contributed by atoms with Gasteiger partial charge < -0.3 is 0 Å². The number of halogens is 1. The SMILES string of the molecule is CCC(=O)N1N=CCC1c1ccc(Cl)cc1. The predicted molar refractivity (Wildman–Crippen MR) is 64.4 cm³/mol. The number of rotatable bonds is 2. The van der Waals surface area contributed by atoms with Crippen LogP contribution in [-0.4, -0.2) is 17.1 Å². The first-order valence-corrected chi connectivity index (χ1v) is 5.70. The predicted octanol–water partition coefficient (Wildman–Crippen LogP) is 3.01. The van der Waals surface area contributed by atoms with Crippen molar-refractivity contribution in [1.29, 1.82) is 0 Å². The van der Waals surface area contributed by atoms with Crippen molar-refractivity contribution in [3.63, 3.8) is 0 Å². The number of amides is 1. The first-order chi connectivity index (χ1) is 7.72. The lowest BCUT2D eigenvalue weighted by atomic mass is 10.0. The maximum Gasteiger partial charge on any atom is 0.242 e. The molecule has 0 fully saturated rings. The molecule has 0 aromatic heterocycles. The van der Waals surface area contributed by atoms with E-state index in [1.165, 1.54) is 0 Å². The van der Waals surface area contributed by atoms with Crippen molar-refractivity contribution in [1.82, 2.24) is 5.01 Å². The molecule has 1 aliphatic heterocycles. The highest BCUT2D eigenvalue weighted by molar-refractivity contribution is 6.30. The zero-order valence-electron chi connectivity index (χ0n) is 9.06. The highest BCUT2D eigenvalue weighted by atomic mass is 35.5. The smallest absolute Gasteiger partial charge is 0.242 e. The van der Waals surface area contributed by atoms with Gasteiger partial charge in [0.25, 0.3) is 0 Å². The largest absolute Gasteiger partial charge is 0.273 e. The van der Waals surface area contributed by atoms with Crippen LogP contribution in [0.25, 0.3) is 0 Å². The summed E-state index contributed by atoms with van der Waals surface area (Å²) in [5.41, 5.74) is 1.07. The Kier molecular flexibility index (Phi) is 3.25. The summed E-state index contributed by atoms with van der Waals surface area (Å²) in [6.45, 7) is 1.84. The molecule has 16 heavy (non-hydrogen) atoms. The number of hydrazone groups is 1. The summed E-state index contributed by atoms with van der Waals surface area (Å²) in [4.78, 5) is 11.7. The lowest BCUT2D eigenvalue weighted by Gasteiger charge is -2.21. The molecule has 0 spiro atoms. The molecule has 0 N–H and O–H groups in total. The zero-order valence-corrected chi connectivity index (χ0v) is 9.81. The number of carbonyl (C=O) groups is 1. The highest BCUT2D eigenvalue weighted by Crippen LogP contribution is 2.29. The van der Waals surface area contributed by atoms with E-state index >= 15 is 0 Å². The molecule has 0 saturated carbocycles. The fraction of sp³-hybridized carbons (Fsp3) is 0.333. The van der Waals surface area contributed by atoms with E-state index in [9.17, 15) is 4.79 Å². The van der Waals surface area contributed by atoms with E-state index in [1.54, 1.807) is 11.2 Å². The maximum absolute atomic E-state index is 11.7. The van der Waals surface area contributed by atoms with Crippen LogP contribution in [0.1, 0.15) is 31.4 Å². The first kappa shape index (κ1) is 11.1. The minimum absolute atomic E-state index is 0.0321. The molecule has 84 valence electrons. The fourth-order valence-electron chi connectivity index (χ4n) is 1.78. The average molecular weight is 237 g/mol. The molecule has 4 heteroatoms. The second-order valence-electron chi connectivity index (χ2n) is 3.69. The summed E-state index contributed by atoms with van der Waals surface area (Å²) in [7, 11) is 0. The molecule has 1 aromatic rings. The van der Waals surface area contributed by atoms with Crippen molar-refractivity contribution in [3.05, 3.63) is 34.9 Å². The van der Waals surface area contributed by atoms with Crippen LogP contribution in [0.4, 0.5) is 0 Å². The molecule has 2 rings (SSSR count). The van der Waals surface area contributed by atoms with Gasteiger partial charge in [-0.25, -0.2) is 5.01 Å². The number of benzene rings is 1. The fourth-order valence-corrected chi connectivity index (χ4v) is 1.90. The minimum Gasteiger partial charge on any atom is -0.273 e. The van der Waals surface area contributed by atoms with Gasteiger partial charge in [0.1, 0.15) is 0 Å². The minimum atomic E-state index is 0.0321. The number of nitrogens with zero attached hydrogens (tertiary/aromatic N) is 2. The first-order valence-electron chi connectivity index (χ1n) is 5.32. The van der Waals surface area contributed by atoms with Gasteiger partial charge in [-0.1, -0.05) is 30.7 Å². The van der Waals surface area contributed by atoms with Gasteiger partial charge in [-0.2, -0.15) is 5.10 Å². The summed E-state index contributed by atoms with van der Waals surface area (Å²) in [6, 6.07) is 7.59. The number of hydrogen-bond acceptors (Lipinski definition) is 2. The molecule has 1 aliphatic rings. The third-order valence-electron chi connectivity index (χ3n) is 2.64. The quantitative estimate of drug-likeness (QED) is 0.777. The molecule has 3 nitrogen and oxygen atoms in total. The molecule has 1 unspecified atom stereocenters. The van der Waals surface area contributed by atoms with Crippen LogP contribution in [-0.2, 0) is 4.79 Å². The van der Waals surface area contributed by atoms with Gasteiger partial charge in [-0.3, -0.25) is 4.79 Å². The second-order valence-corrected chi connectivity index (χ2v) is 4.13. The average Bonchev–Trinajstić information content (AvgIpc) is 2.78. The van der Waals surface area contributed by atoms with Gasteiger partial charge in [-0.05, 0) is 17.7 Å². The van der Waals surface area contributed by atoms with Crippen molar-refractivity contribution in [2.24, 2.45) is 5.10 Å². The van der Waals surface area contributed by atoms with Gasteiger partial charge in [0.2, 0.25) is 5.91 Å². The van der Waals surface area contributed by atoms with Gasteiger partial charge in [0, 0.05) is 24.1 Å². The van der Waals surface area contributed by atoms with Crippen molar-refractivity contribution in [2.75, 3.05) is 0 Å². The molecule has 0 aliphatic carbocycles. The Hall–Kier alpha value is -1.35. The Bertz CT molecular complexity index is 414. The lowest BCUT2D eigenvalue weighted by molar-refractivity contribution is -0.132. The standard InChI is InChI=1S/C12H13ClN2O/c1-2-12(16)15-11(7-8-14-15)9-3-5-10(13)6-4-9/h3-6,8,11H,2,7H2,1H3. The highest BCUT2D eigenvalue weighted by Gasteiger charge is 2.26. The van der Waals surface area contributed by atoms with Gasteiger partial charge in [0.15, 0.2) is 0 Å². The normalized spacial score (nSPS) is 19.1. The van der Waals surface area contributed by atoms with Crippen LogP contribution < -0.4 is 0 Å². The van der Waals surface area contributed by atoms with Crippen LogP contribution in [0.5, 0.6) is 0 Å². The molecular weight excluding hydrogens is 224 g/mol. The van der Waals surface area contributed by atoms with E-state index in [4.69, 9.17) is 11.6 Å². The van der Waals surface area contributed by atoms with Crippen LogP contribution in [0.15, 0.2) is 29.4 Å². The van der Waals surface area contributed by atoms with E-state index in [1.807, 2.05) is 31.2 Å². The van der Waals surface area contributed by atoms with E-state index in [0.29, 0.717) is 11.4 Å². The van der Waals surface area contributed by atoms with E-state index in [0.717, 1.165) is 12.0 Å². The lowest BCUT2D eigenvalue weighted by Crippen LogP contribution is -2.26. The summed E-state index contributed by atoms with van der Waals surface area (Å²) < 4.78 is 0. The van der Waals surface area contributed by atoms with Gasteiger partial charge in [0.05, 0.1) is 6.04 Å². The Morgan fingerprint density at radius 2 is 2.19 bits per heavy atom. The molecule has 1 amide bonds. The third kappa shape index (κ3) is 2.09. The molecule has 0 saturated heterocycles. The molecule has 1 atom stereocenters. The summed E-state index contributed by atoms with van der Waals surface area (Å²) in [5, 5.41) is 6.38. The topological polar surface area (TPSA) is 32.7 Å². The summed E-state index contributed by atoms with van der Waals surface area (Å²) in [5.74, 6) is 0.0497. The molecule has 0 bridgehead atoms. The van der Waals surface area contributed by atoms with E-state index in [2.05, 4.69) is 5.10 Å². The van der Waals surface area contributed by atoms with Crippen LogP contribution in [0.2, 0.25) is 5.02 Å².